The van der Waals surface area contributed by atoms with E-state index in [-0.39, 0.29) is 16.9 Å². The maximum absolute atomic E-state index is 14.0. The second-order valence-corrected chi connectivity index (χ2v) is 7.68. The van der Waals surface area contributed by atoms with Crippen LogP contribution in [0.2, 0.25) is 0 Å². The van der Waals surface area contributed by atoms with E-state index in [9.17, 15) is 19.1 Å². The third-order valence-corrected chi connectivity index (χ3v) is 5.47. The Balaban J connectivity index is 1.94. The Bertz CT molecular complexity index is 1240. The van der Waals surface area contributed by atoms with Crippen LogP contribution in [0.15, 0.2) is 72.4 Å². The van der Waals surface area contributed by atoms with E-state index < -0.39 is 29.3 Å². The number of Topliss-reactive ketones (excluding diaryl/α,β-unsaturated/α-hetero) is 1. The van der Waals surface area contributed by atoms with Crippen molar-refractivity contribution >= 4 is 28.8 Å². The first-order valence-corrected chi connectivity index (χ1v) is 10.2. The highest BCUT2D eigenvalue weighted by atomic mass is 19.1. The van der Waals surface area contributed by atoms with E-state index in [1.54, 1.807) is 30.3 Å². The molecule has 0 bridgehead atoms. The van der Waals surface area contributed by atoms with Gasteiger partial charge in [-0.3, -0.25) is 19.5 Å². The lowest BCUT2D eigenvalue weighted by Crippen LogP contribution is -2.29. The number of aromatic nitrogens is 1. The van der Waals surface area contributed by atoms with E-state index in [0.29, 0.717) is 11.4 Å². The zero-order valence-corrected chi connectivity index (χ0v) is 18.3. The predicted octanol–water partition coefficient (Wildman–Crippen LogP) is 3.92. The van der Waals surface area contributed by atoms with E-state index in [0.717, 1.165) is 11.8 Å². The van der Waals surface area contributed by atoms with Gasteiger partial charge in [0.05, 0.1) is 23.9 Å². The first-order valence-electron chi connectivity index (χ1n) is 10.2. The van der Waals surface area contributed by atoms with Gasteiger partial charge in [0.2, 0.25) is 0 Å². The molecule has 1 fully saturated rings. The summed E-state index contributed by atoms with van der Waals surface area (Å²) >= 11 is 0. The number of nitrogens with zero attached hydrogens (tertiary/aromatic N) is 3. The summed E-state index contributed by atoms with van der Waals surface area (Å²) in [5, 5.41) is 11.2. The zero-order valence-electron chi connectivity index (χ0n) is 18.3. The van der Waals surface area contributed by atoms with Gasteiger partial charge in [-0.25, -0.2) is 4.39 Å². The summed E-state index contributed by atoms with van der Waals surface area (Å²) < 4.78 is 19.2. The van der Waals surface area contributed by atoms with Crippen LogP contribution >= 0.6 is 0 Å². The van der Waals surface area contributed by atoms with Gasteiger partial charge in [0.1, 0.15) is 23.4 Å². The molecule has 0 aliphatic carbocycles. The number of ketones is 1. The van der Waals surface area contributed by atoms with Crippen molar-refractivity contribution in [3.05, 3.63) is 89.5 Å². The molecule has 3 aromatic rings. The number of benzene rings is 2. The fraction of sp³-hybridized carbons (Fsp3) is 0.160. The van der Waals surface area contributed by atoms with E-state index in [2.05, 4.69) is 4.98 Å². The van der Waals surface area contributed by atoms with E-state index >= 15 is 0 Å². The number of carbonyl (C=O) groups is 2. The molecule has 0 spiro atoms. The van der Waals surface area contributed by atoms with Crippen LogP contribution in [0.5, 0.6) is 5.75 Å². The minimum atomic E-state index is -1.01. The molecule has 8 heteroatoms. The van der Waals surface area contributed by atoms with Crippen molar-refractivity contribution in [1.82, 2.24) is 4.98 Å². The molecule has 1 N–H and O–H groups in total. The minimum absolute atomic E-state index is 0.0283. The summed E-state index contributed by atoms with van der Waals surface area (Å²) in [6, 6.07) is 14.7. The number of halogens is 1. The summed E-state index contributed by atoms with van der Waals surface area (Å²) in [5.74, 6) is -2.71. The molecule has 168 valence electrons. The van der Waals surface area contributed by atoms with Crippen molar-refractivity contribution in [3.8, 4) is 5.75 Å². The maximum Gasteiger partial charge on any atom is 0.300 e. The molecule has 1 aromatic heterocycles. The predicted molar refractivity (Wildman–Crippen MR) is 123 cm³/mol. The summed E-state index contributed by atoms with van der Waals surface area (Å²) in [6.45, 7) is 0. The lowest BCUT2D eigenvalue weighted by molar-refractivity contribution is -0.132. The molecular formula is C25H22FN3O4. The highest BCUT2D eigenvalue weighted by Gasteiger charge is 2.47. The van der Waals surface area contributed by atoms with Gasteiger partial charge in [0.15, 0.2) is 0 Å². The second kappa shape index (κ2) is 8.74. The Morgan fingerprint density at radius 3 is 2.42 bits per heavy atom. The van der Waals surface area contributed by atoms with Crippen LogP contribution in [0.3, 0.4) is 0 Å². The number of ether oxygens (including phenoxy) is 1. The zero-order chi connectivity index (χ0) is 23.7. The molecule has 1 amide bonds. The molecule has 4 rings (SSSR count). The van der Waals surface area contributed by atoms with Gasteiger partial charge >= 0.3 is 0 Å². The number of anilines is 2. The van der Waals surface area contributed by atoms with E-state index in [1.807, 2.05) is 31.1 Å². The molecule has 1 aliphatic rings. The van der Waals surface area contributed by atoms with E-state index in [1.165, 1.54) is 30.3 Å². The highest BCUT2D eigenvalue weighted by Crippen LogP contribution is 2.42. The standard InChI is InChI=1S/C25H22FN3O4/c1-28(2)16-8-10-17(11-9-16)29-22(19-6-4-5-13-27-19)21(24(31)25(29)32)23(30)18-14-15(26)7-12-20(18)33-3/h4-14,22,30H,1-3H3/b23-21+. The number of pyridine rings is 1. The molecule has 2 heterocycles. The molecule has 1 atom stereocenters. The monoisotopic (exact) mass is 447 g/mol. The molecule has 0 saturated carbocycles. The average Bonchev–Trinajstić information content (AvgIpc) is 3.09. The number of carbonyl (C=O) groups excluding carboxylic acids is 2. The molecule has 1 saturated heterocycles. The van der Waals surface area contributed by atoms with Crippen LogP contribution in [0.4, 0.5) is 15.8 Å². The molecule has 2 aromatic carbocycles. The SMILES string of the molecule is COc1ccc(F)cc1/C(O)=C1\C(=O)C(=O)N(c2ccc(N(C)C)cc2)C1c1ccccn1. The Labute approximate surface area is 190 Å². The normalized spacial score (nSPS) is 17.3. The quantitative estimate of drug-likeness (QED) is 0.363. The Hall–Kier alpha value is -4.20. The number of amides is 1. The summed E-state index contributed by atoms with van der Waals surface area (Å²) in [5.41, 5.74) is 1.53. The van der Waals surface area contributed by atoms with Gasteiger partial charge < -0.3 is 14.7 Å². The third kappa shape index (κ3) is 3.91. The topological polar surface area (TPSA) is 83.0 Å². The van der Waals surface area contributed by atoms with Gasteiger partial charge in [0, 0.05) is 31.7 Å². The van der Waals surface area contributed by atoms with Crippen molar-refractivity contribution in [1.29, 1.82) is 0 Å². The van der Waals surface area contributed by atoms with Crippen LogP contribution < -0.4 is 14.5 Å². The summed E-state index contributed by atoms with van der Waals surface area (Å²) in [7, 11) is 5.15. The molecule has 33 heavy (non-hydrogen) atoms. The highest BCUT2D eigenvalue weighted by molar-refractivity contribution is 6.51. The fourth-order valence-corrected chi connectivity index (χ4v) is 3.84. The van der Waals surface area contributed by atoms with Crippen molar-refractivity contribution in [3.63, 3.8) is 0 Å². The minimum Gasteiger partial charge on any atom is -0.507 e. The van der Waals surface area contributed by atoms with Crippen LogP contribution in [-0.2, 0) is 9.59 Å². The number of aliphatic hydroxyl groups excluding tert-OH is 1. The molecule has 0 radical (unpaired) electrons. The Morgan fingerprint density at radius 1 is 1.09 bits per heavy atom. The molecule has 1 unspecified atom stereocenters. The fourth-order valence-electron chi connectivity index (χ4n) is 3.84. The Kier molecular flexibility index (Phi) is 5.83. The number of aliphatic hydroxyl groups is 1. The summed E-state index contributed by atoms with van der Waals surface area (Å²) in [4.78, 5) is 33.9. The lowest BCUT2D eigenvalue weighted by atomic mass is 9.97. The molecule has 7 nitrogen and oxygen atoms in total. The molecular weight excluding hydrogens is 425 g/mol. The van der Waals surface area contributed by atoms with Crippen molar-refractivity contribution in [2.75, 3.05) is 31.0 Å². The van der Waals surface area contributed by atoms with Crippen molar-refractivity contribution < 1.29 is 23.8 Å². The van der Waals surface area contributed by atoms with Gasteiger partial charge in [-0.2, -0.15) is 0 Å². The average molecular weight is 447 g/mol. The van der Waals surface area contributed by atoms with E-state index in [4.69, 9.17) is 4.74 Å². The number of methoxy groups -OCH3 is 1. The Morgan fingerprint density at radius 2 is 1.82 bits per heavy atom. The van der Waals surface area contributed by atoms with Gasteiger partial charge in [-0.1, -0.05) is 6.07 Å². The number of hydrogen-bond donors (Lipinski definition) is 1. The number of hydrogen-bond acceptors (Lipinski definition) is 6. The lowest BCUT2D eigenvalue weighted by Gasteiger charge is -2.25. The van der Waals surface area contributed by atoms with Crippen LogP contribution in [0, 0.1) is 5.82 Å². The van der Waals surface area contributed by atoms with Crippen LogP contribution in [-0.4, -0.2) is 43.0 Å². The largest absolute Gasteiger partial charge is 0.507 e. The second-order valence-electron chi connectivity index (χ2n) is 7.68. The first kappa shape index (κ1) is 22.0. The third-order valence-electron chi connectivity index (χ3n) is 5.47. The van der Waals surface area contributed by atoms with Crippen molar-refractivity contribution in [2.45, 2.75) is 6.04 Å². The van der Waals surface area contributed by atoms with Gasteiger partial charge in [-0.05, 0) is 54.6 Å². The molecule has 1 aliphatic heterocycles. The van der Waals surface area contributed by atoms with Gasteiger partial charge in [0.25, 0.3) is 11.7 Å². The summed E-state index contributed by atoms with van der Waals surface area (Å²) in [6.07, 6.45) is 1.54. The van der Waals surface area contributed by atoms with Crippen molar-refractivity contribution in [2.24, 2.45) is 0 Å². The van der Waals surface area contributed by atoms with Gasteiger partial charge in [-0.15, -0.1) is 0 Å². The first-order chi connectivity index (χ1) is 15.8. The van der Waals surface area contributed by atoms with Crippen LogP contribution in [0.25, 0.3) is 5.76 Å². The maximum atomic E-state index is 14.0. The van der Waals surface area contributed by atoms with Crippen LogP contribution in [0.1, 0.15) is 17.3 Å². The smallest absolute Gasteiger partial charge is 0.300 e. The number of rotatable bonds is 5.